The summed E-state index contributed by atoms with van der Waals surface area (Å²) in [6, 6.07) is 15.0. The minimum absolute atomic E-state index is 0.0773. The van der Waals surface area contributed by atoms with Crippen LogP contribution in [0.3, 0.4) is 0 Å². The molecule has 0 bridgehead atoms. The van der Waals surface area contributed by atoms with E-state index in [2.05, 4.69) is 4.98 Å². The minimum atomic E-state index is -1.32. The van der Waals surface area contributed by atoms with E-state index in [0.29, 0.717) is 12.6 Å². The van der Waals surface area contributed by atoms with Crippen LogP contribution in [0.4, 0.5) is 8.78 Å². The van der Waals surface area contributed by atoms with Crippen molar-refractivity contribution in [1.82, 2.24) is 4.98 Å². The number of rotatable bonds is 8. The van der Waals surface area contributed by atoms with Gasteiger partial charge >= 0.3 is 5.97 Å². The predicted octanol–water partition coefficient (Wildman–Crippen LogP) is 4.52. The van der Waals surface area contributed by atoms with Gasteiger partial charge in [-0.15, -0.1) is 0 Å². The lowest BCUT2D eigenvalue weighted by molar-refractivity contribution is -0.145. The van der Waals surface area contributed by atoms with Crippen LogP contribution in [0.25, 0.3) is 11.1 Å². The molecule has 0 radical (unpaired) electrons. The molecule has 1 aromatic heterocycles. The highest BCUT2D eigenvalue weighted by atomic mass is 19.1. The van der Waals surface area contributed by atoms with E-state index in [-0.39, 0.29) is 12.2 Å². The van der Waals surface area contributed by atoms with Crippen molar-refractivity contribution in [3.63, 3.8) is 0 Å². The lowest BCUT2D eigenvalue weighted by Crippen LogP contribution is -2.26. The molecule has 0 spiro atoms. The largest absolute Gasteiger partial charge is 0.479 e. The van der Waals surface area contributed by atoms with Gasteiger partial charge in [-0.2, -0.15) is 4.98 Å². The molecule has 0 saturated carbocycles. The maximum Gasteiger partial charge on any atom is 0.344 e. The van der Waals surface area contributed by atoms with Gasteiger partial charge in [0, 0.05) is 12.6 Å². The number of nitrogens with zero attached hydrogens (tertiary/aromatic N) is 1. The van der Waals surface area contributed by atoms with Gasteiger partial charge in [0.15, 0.2) is 17.7 Å². The van der Waals surface area contributed by atoms with Crippen LogP contribution in [-0.4, -0.2) is 22.2 Å². The van der Waals surface area contributed by atoms with E-state index in [1.165, 1.54) is 0 Å². The molecule has 1 atom stereocenters. The summed E-state index contributed by atoms with van der Waals surface area (Å²) in [5.74, 6) is -4.35. The van der Waals surface area contributed by atoms with Gasteiger partial charge in [-0.1, -0.05) is 37.3 Å². The smallest absolute Gasteiger partial charge is 0.344 e. The number of halogens is 2. The van der Waals surface area contributed by atoms with Crippen molar-refractivity contribution in [3.05, 3.63) is 71.8 Å². The van der Waals surface area contributed by atoms with E-state index in [1.54, 1.807) is 25.1 Å². The quantitative estimate of drug-likeness (QED) is 0.563. The number of carboxylic acids is 1. The molecule has 0 amide bonds. The Hall–Kier alpha value is -3.52. The van der Waals surface area contributed by atoms with Gasteiger partial charge in [-0.05, 0) is 41.3 Å². The molecule has 0 saturated heterocycles. The Kier molecular flexibility index (Phi) is 6.58. The van der Waals surface area contributed by atoms with E-state index in [9.17, 15) is 13.6 Å². The number of pyridine rings is 1. The first-order valence-electron chi connectivity index (χ1n) is 9.24. The number of benzene rings is 2. The highest BCUT2D eigenvalue weighted by Gasteiger charge is 2.22. The monoisotopic (exact) mass is 414 g/mol. The molecular formula is C22H20F2N2O4. The van der Waals surface area contributed by atoms with Gasteiger partial charge in [0.2, 0.25) is 0 Å². The number of hydrogen-bond donors (Lipinski definition) is 2. The summed E-state index contributed by atoms with van der Waals surface area (Å²) in [4.78, 5) is 14.8. The van der Waals surface area contributed by atoms with Gasteiger partial charge < -0.3 is 20.3 Å². The molecule has 0 fully saturated rings. The van der Waals surface area contributed by atoms with Gasteiger partial charge in [0.1, 0.15) is 5.75 Å². The van der Waals surface area contributed by atoms with Crippen LogP contribution >= 0.6 is 0 Å². The summed E-state index contributed by atoms with van der Waals surface area (Å²) in [5, 5.41) is 9.07. The Morgan fingerprint density at radius 3 is 2.40 bits per heavy atom. The molecule has 0 aliphatic carbocycles. The summed E-state index contributed by atoms with van der Waals surface area (Å²) < 4.78 is 38.8. The maximum absolute atomic E-state index is 14.2. The second-order valence-corrected chi connectivity index (χ2v) is 6.45. The Labute approximate surface area is 171 Å². The summed E-state index contributed by atoms with van der Waals surface area (Å²) in [5.41, 5.74) is 8.34. The second-order valence-electron chi connectivity index (χ2n) is 6.45. The third kappa shape index (κ3) is 4.90. The third-order valence-corrected chi connectivity index (χ3v) is 4.31. The van der Waals surface area contributed by atoms with Crippen molar-refractivity contribution < 1.29 is 28.2 Å². The number of hydrogen-bond acceptors (Lipinski definition) is 5. The van der Waals surface area contributed by atoms with Crippen molar-refractivity contribution in [3.8, 4) is 28.6 Å². The number of carboxylic acid groups (broad SMARTS) is 1. The normalized spacial score (nSPS) is 11.7. The molecule has 0 aliphatic rings. The fraction of sp³-hybridized carbons (Fsp3) is 0.182. The molecular weight excluding hydrogens is 394 g/mol. The molecule has 3 N–H and O–H groups in total. The van der Waals surface area contributed by atoms with Crippen LogP contribution in [0.5, 0.6) is 17.5 Å². The van der Waals surface area contributed by atoms with Crippen molar-refractivity contribution >= 4 is 5.97 Å². The van der Waals surface area contributed by atoms with Crippen LogP contribution in [0.2, 0.25) is 0 Å². The van der Waals surface area contributed by atoms with Crippen molar-refractivity contribution in [2.75, 3.05) is 0 Å². The lowest BCUT2D eigenvalue weighted by atomic mass is 10.0. The van der Waals surface area contributed by atoms with Gasteiger partial charge in [0.05, 0.1) is 0 Å². The van der Waals surface area contributed by atoms with Crippen LogP contribution in [0.15, 0.2) is 54.6 Å². The average Bonchev–Trinajstić information content (AvgIpc) is 2.74. The highest BCUT2D eigenvalue weighted by molar-refractivity contribution is 5.72. The standard InChI is InChI=1S/C22H20F2N2O4/c1-2-19(22(27)28)30-21-18(24)11-17(23)20(26-21)29-16-8-4-7-15(10-16)14-6-3-5-13(9-14)12-25/h3-11,19H,2,12,25H2,1H3,(H,27,28). The first kappa shape index (κ1) is 21.2. The van der Waals surface area contributed by atoms with Crippen molar-refractivity contribution in [1.29, 1.82) is 0 Å². The van der Waals surface area contributed by atoms with E-state index in [4.69, 9.17) is 20.3 Å². The molecule has 156 valence electrons. The molecule has 6 nitrogen and oxygen atoms in total. The number of ether oxygens (including phenoxy) is 2. The SMILES string of the molecule is CCC(Oc1nc(Oc2cccc(-c3cccc(CN)c3)c2)c(F)cc1F)C(=O)O. The summed E-state index contributed by atoms with van der Waals surface area (Å²) in [6.07, 6.45) is -1.24. The third-order valence-electron chi connectivity index (χ3n) is 4.31. The van der Waals surface area contributed by atoms with Crippen LogP contribution in [0, 0.1) is 11.6 Å². The zero-order valence-electron chi connectivity index (χ0n) is 16.1. The Bertz CT molecular complexity index is 1060. The zero-order chi connectivity index (χ0) is 21.7. The van der Waals surface area contributed by atoms with E-state index < -0.39 is 35.5 Å². The Balaban J connectivity index is 1.89. The molecule has 8 heteroatoms. The Morgan fingerprint density at radius 2 is 1.73 bits per heavy atom. The van der Waals surface area contributed by atoms with Crippen molar-refractivity contribution in [2.45, 2.75) is 26.0 Å². The fourth-order valence-corrected chi connectivity index (χ4v) is 2.76. The first-order chi connectivity index (χ1) is 14.4. The number of carbonyl (C=O) groups is 1. The predicted molar refractivity (Wildman–Crippen MR) is 106 cm³/mol. The fourth-order valence-electron chi connectivity index (χ4n) is 2.76. The molecule has 1 heterocycles. The number of aromatic nitrogens is 1. The van der Waals surface area contributed by atoms with Gasteiger partial charge in [0.25, 0.3) is 11.8 Å². The number of aliphatic carboxylic acids is 1. The van der Waals surface area contributed by atoms with Gasteiger partial charge in [-0.3, -0.25) is 0 Å². The molecule has 1 unspecified atom stereocenters. The molecule has 2 aromatic carbocycles. The number of nitrogens with two attached hydrogens (primary N) is 1. The van der Waals surface area contributed by atoms with Crippen LogP contribution in [-0.2, 0) is 11.3 Å². The van der Waals surface area contributed by atoms with Gasteiger partial charge in [-0.25, -0.2) is 13.6 Å². The molecule has 0 aliphatic heterocycles. The molecule has 3 rings (SSSR count). The zero-order valence-corrected chi connectivity index (χ0v) is 16.1. The van der Waals surface area contributed by atoms with E-state index in [1.807, 2.05) is 30.3 Å². The van der Waals surface area contributed by atoms with Crippen LogP contribution in [0.1, 0.15) is 18.9 Å². The first-order valence-corrected chi connectivity index (χ1v) is 9.24. The minimum Gasteiger partial charge on any atom is -0.479 e. The maximum atomic E-state index is 14.2. The lowest BCUT2D eigenvalue weighted by Gasteiger charge is -2.14. The van der Waals surface area contributed by atoms with Crippen LogP contribution < -0.4 is 15.2 Å². The summed E-state index contributed by atoms with van der Waals surface area (Å²) >= 11 is 0. The Morgan fingerprint density at radius 1 is 1.07 bits per heavy atom. The second kappa shape index (κ2) is 9.32. The average molecular weight is 414 g/mol. The highest BCUT2D eigenvalue weighted by Crippen LogP contribution is 2.30. The van der Waals surface area contributed by atoms with Crippen molar-refractivity contribution in [2.24, 2.45) is 5.73 Å². The van der Waals surface area contributed by atoms with E-state index in [0.717, 1.165) is 16.7 Å². The topological polar surface area (TPSA) is 94.7 Å². The summed E-state index contributed by atoms with van der Waals surface area (Å²) in [7, 11) is 0. The van der Waals surface area contributed by atoms with E-state index >= 15 is 0 Å². The molecule has 30 heavy (non-hydrogen) atoms. The summed E-state index contributed by atoms with van der Waals surface area (Å²) in [6.45, 7) is 1.95. The molecule has 3 aromatic rings.